The Bertz CT molecular complexity index is 711. The van der Waals surface area contributed by atoms with Crippen molar-refractivity contribution in [2.75, 3.05) is 25.0 Å². The number of hydrogen-bond donors (Lipinski definition) is 2. The van der Waals surface area contributed by atoms with Gasteiger partial charge in [0.15, 0.2) is 0 Å². The third-order valence-electron chi connectivity index (χ3n) is 5.65. The van der Waals surface area contributed by atoms with Crippen LogP contribution in [0.4, 0.5) is 5.69 Å². The molecule has 3 N–H and O–H groups in total. The maximum Gasteiger partial charge on any atom is 0.309 e. The Morgan fingerprint density at radius 1 is 1.07 bits per heavy atom. The van der Waals surface area contributed by atoms with Gasteiger partial charge in [0.1, 0.15) is 0 Å². The van der Waals surface area contributed by atoms with Crippen molar-refractivity contribution in [1.82, 2.24) is 4.90 Å². The minimum Gasteiger partial charge on any atom is -0.466 e. The molecular weight excluding hydrogens is 358 g/mol. The Balaban J connectivity index is 1.51. The van der Waals surface area contributed by atoms with Gasteiger partial charge in [0, 0.05) is 36.3 Å². The van der Waals surface area contributed by atoms with Crippen molar-refractivity contribution in [1.29, 1.82) is 0 Å². The molecule has 0 bridgehead atoms. The van der Waals surface area contributed by atoms with Crippen molar-refractivity contribution in [2.45, 2.75) is 45.1 Å². The highest BCUT2D eigenvalue weighted by molar-refractivity contribution is 5.96. The normalized spacial score (nSPS) is 22.7. The summed E-state index contributed by atoms with van der Waals surface area (Å²) in [4.78, 5) is 38.6. The van der Waals surface area contributed by atoms with Crippen LogP contribution in [0.1, 0.15) is 49.4 Å². The number of hydrogen-bond acceptors (Lipinski definition) is 5. The zero-order chi connectivity index (χ0) is 20.1. The second-order valence-electron chi connectivity index (χ2n) is 7.66. The maximum absolute atomic E-state index is 12.7. The molecule has 28 heavy (non-hydrogen) atoms. The molecule has 7 nitrogen and oxygen atoms in total. The first-order valence-electron chi connectivity index (χ1n) is 10.1. The third kappa shape index (κ3) is 4.90. The highest BCUT2D eigenvalue weighted by atomic mass is 16.5. The molecule has 1 saturated heterocycles. The van der Waals surface area contributed by atoms with Crippen LogP contribution in [0.3, 0.4) is 0 Å². The predicted molar refractivity (Wildman–Crippen MR) is 106 cm³/mol. The first-order chi connectivity index (χ1) is 13.5. The summed E-state index contributed by atoms with van der Waals surface area (Å²) in [6.45, 7) is 3.27. The minimum absolute atomic E-state index is 0.00642. The van der Waals surface area contributed by atoms with Gasteiger partial charge in [-0.25, -0.2) is 0 Å². The van der Waals surface area contributed by atoms with Crippen LogP contribution in [0.25, 0.3) is 0 Å². The largest absolute Gasteiger partial charge is 0.466 e. The Labute approximate surface area is 165 Å². The zero-order valence-electron chi connectivity index (χ0n) is 16.4. The van der Waals surface area contributed by atoms with Gasteiger partial charge in [0.05, 0.1) is 12.5 Å². The number of rotatable bonds is 5. The standard InChI is InChI=1S/C21H29N3O4/c1-2-28-21(27)15-9-11-24(12-10-15)20(26)14-4-7-18(8-5-14)23-19(25)16-3-6-17(22)13-16/h4-5,7-8,15-17H,2-3,6,9-13,22H2,1H3,(H,23,25). The molecule has 2 unspecified atom stereocenters. The van der Waals surface area contributed by atoms with Crippen LogP contribution in [0, 0.1) is 11.8 Å². The minimum atomic E-state index is -0.169. The van der Waals surface area contributed by atoms with Crippen LogP contribution in [0.2, 0.25) is 0 Å². The smallest absolute Gasteiger partial charge is 0.309 e. The summed E-state index contributed by atoms with van der Waals surface area (Å²) in [7, 11) is 0. The second kappa shape index (κ2) is 9.19. The lowest BCUT2D eigenvalue weighted by Crippen LogP contribution is -2.40. The highest BCUT2D eigenvalue weighted by Gasteiger charge is 2.29. The van der Waals surface area contributed by atoms with Gasteiger partial charge in [0.2, 0.25) is 5.91 Å². The first-order valence-corrected chi connectivity index (χ1v) is 10.1. The molecule has 2 amide bonds. The number of piperidine rings is 1. The Kier molecular flexibility index (Phi) is 6.67. The molecule has 1 aromatic carbocycles. The quantitative estimate of drug-likeness (QED) is 0.754. The molecule has 1 aliphatic carbocycles. The average molecular weight is 387 g/mol. The number of anilines is 1. The number of carbonyl (C=O) groups excluding carboxylic acids is 3. The number of nitrogens with two attached hydrogens (primary N) is 1. The predicted octanol–water partition coefficient (Wildman–Crippen LogP) is 2.17. The van der Waals surface area contributed by atoms with Crippen LogP contribution in [-0.4, -0.2) is 48.4 Å². The number of benzene rings is 1. The summed E-state index contributed by atoms with van der Waals surface area (Å²) in [5.41, 5.74) is 7.14. The molecule has 2 fully saturated rings. The number of amides is 2. The van der Waals surface area contributed by atoms with E-state index in [0.717, 1.165) is 19.3 Å². The van der Waals surface area contributed by atoms with Gasteiger partial charge in [-0.2, -0.15) is 0 Å². The Morgan fingerprint density at radius 2 is 1.75 bits per heavy atom. The van der Waals surface area contributed by atoms with Gasteiger partial charge < -0.3 is 20.7 Å². The van der Waals surface area contributed by atoms with Crippen LogP contribution >= 0.6 is 0 Å². The van der Waals surface area contributed by atoms with Crippen molar-refractivity contribution in [3.05, 3.63) is 29.8 Å². The van der Waals surface area contributed by atoms with Gasteiger partial charge >= 0.3 is 5.97 Å². The molecule has 1 aliphatic heterocycles. The van der Waals surface area contributed by atoms with E-state index in [9.17, 15) is 14.4 Å². The summed E-state index contributed by atoms with van der Waals surface area (Å²) in [6, 6.07) is 7.09. The number of carbonyl (C=O) groups is 3. The molecule has 0 radical (unpaired) electrons. The molecule has 152 valence electrons. The SMILES string of the molecule is CCOC(=O)C1CCN(C(=O)c2ccc(NC(=O)C3CCC(N)C3)cc2)CC1. The molecule has 3 rings (SSSR count). The fourth-order valence-electron chi connectivity index (χ4n) is 3.96. The van der Waals surface area contributed by atoms with Gasteiger partial charge in [-0.05, 0) is 63.3 Å². The molecule has 2 aliphatic rings. The summed E-state index contributed by atoms with van der Waals surface area (Å²) >= 11 is 0. The number of nitrogens with one attached hydrogen (secondary N) is 1. The van der Waals surface area contributed by atoms with Crippen molar-refractivity contribution in [2.24, 2.45) is 17.6 Å². The molecule has 2 atom stereocenters. The highest BCUT2D eigenvalue weighted by Crippen LogP contribution is 2.26. The third-order valence-corrected chi connectivity index (χ3v) is 5.65. The van der Waals surface area contributed by atoms with E-state index in [4.69, 9.17) is 10.5 Å². The lowest BCUT2D eigenvalue weighted by atomic mass is 9.96. The van der Waals surface area contributed by atoms with Crippen LogP contribution in [-0.2, 0) is 14.3 Å². The van der Waals surface area contributed by atoms with Crippen LogP contribution in [0.5, 0.6) is 0 Å². The lowest BCUT2D eigenvalue weighted by molar-refractivity contribution is -0.149. The fraction of sp³-hybridized carbons (Fsp3) is 0.571. The van der Waals surface area contributed by atoms with Gasteiger partial charge in [-0.15, -0.1) is 0 Å². The fourth-order valence-corrected chi connectivity index (χ4v) is 3.96. The number of likely N-dealkylation sites (tertiary alicyclic amines) is 1. The zero-order valence-corrected chi connectivity index (χ0v) is 16.4. The molecule has 0 spiro atoms. The summed E-state index contributed by atoms with van der Waals surface area (Å²) in [5, 5.41) is 2.91. The van der Waals surface area contributed by atoms with Gasteiger partial charge in [-0.1, -0.05) is 0 Å². The van der Waals surface area contributed by atoms with Crippen molar-refractivity contribution in [3.8, 4) is 0 Å². The van der Waals surface area contributed by atoms with Gasteiger partial charge in [-0.3, -0.25) is 14.4 Å². The first kappa shape index (κ1) is 20.3. The molecule has 7 heteroatoms. The number of esters is 1. The van der Waals surface area contributed by atoms with E-state index in [0.29, 0.717) is 43.8 Å². The Morgan fingerprint density at radius 3 is 2.32 bits per heavy atom. The average Bonchev–Trinajstić information content (AvgIpc) is 3.15. The maximum atomic E-state index is 12.7. The summed E-state index contributed by atoms with van der Waals surface area (Å²) in [5.74, 6) is -0.379. The van der Waals surface area contributed by atoms with Crippen LogP contribution in [0.15, 0.2) is 24.3 Å². The monoisotopic (exact) mass is 387 g/mol. The second-order valence-corrected chi connectivity index (χ2v) is 7.66. The molecular formula is C21H29N3O4. The van der Waals surface area contributed by atoms with Gasteiger partial charge in [0.25, 0.3) is 5.91 Å². The Hall–Kier alpha value is -2.41. The number of ether oxygens (including phenoxy) is 1. The number of nitrogens with zero attached hydrogens (tertiary/aromatic N) is 1. The summed E-state index contributed by atoms with van der Waals surface area (Å²) in [6.07, 6.45) is 3.69. The van der Waals surface area contributed by atoms with E-state index >= 15 is 0 Å². The topological polar surface area (TPSA) is 102 Å². The summed E-state index contributed by atoms with van der Waals surface area (Å²) < 4.78 is 5.07. The molecule has 1 aromatic rings. The lowest BCUT2D eigenvalue weighted by Gasteiger charge is -2.31. The van der Waals surface area contributed by atoms with Crippen molar-refractivity contribution < 1.29 is 19.1 Å². The molecule has 0 aromatic heterocycles. The van der Waals surface area contributed by atoms with Crippen molar-refractivity contribution >= 4 is 23.5 Å². The van der Waals surface area contributed by atoms with Crippen molar-refractivity contribution in [3.63, 3.8) is 0 Å². The van der Waals surface area contributed by atoms with E-state index in [-0.39, 0.29) is 35.7 Å². The van der Waals surface area contributed by atoms with E-state index in [2.05, 4.69) is 5.32 Å². The van der Waals surface area contributed by atoms with E-state index < -0.39 is 0 Å². The van der Waals surface area contributed by atoms with E-state index in [1.165, 1.54) is 0 Å². The molecule has 1 saturated carbocycles. The van der Waals surface area contributed by atoms with E-state index in [1.54, 1.807) is 36.1 Å². The van der Waals surface area contributed by atoms with E-state index in [1.807, 2.05) is 0 Å². The molecule has 1 heterocycles. The van der Waals surface area contributed by atoms with Crippen LogP contribution < -0.4 is 11.1 Å².